The van der Waals surface area contributed by atoms with E-state index >= 15 is 0 Å². The van der Waals surface area contributed by atoms with Gasteiger partial charge in [-0.3, -0.25) is 0 Å². The second kappa shape index (κ2) is 6.72. The lowest BCUT2D eigenvalue weighted by atomic mass is 10.2. The van der Waals surface area contributed by atoms with Crippen molar-refractivity contribution in [3.63, 3.8) is 0 Å². The van der Waals surface area contributed by atoms with E-state index in [-0.39, 0.29) is 12.4 Å². The summed E-state index contributed by atoms with van der Waals surface area (Å²) in [6.45, 7) is 6.75. The number of hydrogen-bond donors (Lipinski definition) is 1. The average molecular weight is 295 g/mol. The molecule has 0 bridgehead atoms. The molecule has 0 aliphatic rings. The molecule has 2 rings (SSSR count). The van der Waals surface area contributed by atoms with E-state index in [1.807, 2.05) is 13.0 Å². The summed E-state index contributed by atoms with van der Waals surface area (Å²) in [5.74, 6) is 0.232. The molecular weight excluding hydrogens is 276 g/mol. The zero-order chi connectivity index (χ0) is 15.4. The number of benzene rings is 1. The van der Waals surface area contributed by atoms with Crippen molar-refractivity contribution >= 4 is 0 Å². The van der Waals surface area contributed by atoms with Gasteiger partial charge in [0.05, 0.1) is 6.54 Å². The Kier molecular flexibility index (Phi) is 4.96. The molecule has 0 radical (unpaired) electrons. The zero-order valence-corrected chi connectivity index (χ0v) is 12.4. The molecule has 5 heteroatoms. The molecule has 3 nitrogen and oxygen atoms in total. The summed E-state index contributed by atoms with van der Waals surface area (Å²) in [4.78, 5) is 0. The normalized spacial score (nSPS) is 11.1. The van der Waals surface area contributed by atoms with Crippen molar-refractivity contribution in [1.29, 1.82) is 0 Å². The SMILES string of the molecule is Cc1oc(CNC(C)C)cc1COc1ccc(F)cc1F. The molecule has 0 unspecified atom stereocenters. The molecule has 1 heterocycles. The third-order valence-corrected chi connectivity index (χ3v) is 3.03. The zero-order valence-electron chi connectivity index (χ0n) is 12.4. The fourth-order valence-electron chi connectivity index (χ4n) is 1.87. The van der Waals surface area contributed by atoms with E-state index in [1.165, 1.54) is 12.1 Å². The van der Waals surface area contributed by atoms with Crippen molar-refractivity contribution in [2.45, 2.75) is 40.0 Å². The number of aryl methyl sites for hydroxylation is 1. The predicted molar refractivity (Wildman–Crippen MR) is 76.1 cm³/mol. The highest BCUT2D eigenvalue weighted by molar-refractivity contribution is 5.26. The Morgan fingerprint density at radius 2 is 2.00 bits per heavy atom. The summed E-state index contributed by atoms with van der Waals surface area (Å²) in [7, 11) is 0. The number of furan rings is 1. The number of rotatable bonds is 6. The average Bonchev–Trinajstić information content (AvgIpc) is 2.76. The Bertz CT molecular complexity index is 608. The van der Waals surface area contributed by atoms with Crippen LogP contribution in [0.4, 0.5) is 8.78 Å². The molecule has 1 N–H and O–H groups in total. The fourth-order valence-corrected chi connectivity index (χ4v) is 1.87. The smallest absolute Gasteiger partial charge is 0.167 e. The molecule has 2 aromatic rings. The van der Waals surface area contributed by atoms with Crippen LogP contribution in [0.2, 0.25) is 0 Å². The largest absolute Gasteiger partial charge is 0.486 e. The summed E-state index contributed by atoms with van der Waals surface area (Å²) < 4.78 is 37.3. The van der Waals surface area contributed by atoms with Crippen molar-refractivity contribution in [3.05, 3.63) is 53.0 Å². The molecule has 21 heavy (non-hydrogen) atoms. The van der Waals surface area contributed by atoms with Crippen LogP contribution in [0.3, 0.4) is 0 Å². The number of ether oxygens (including phenoxy) is 1. The van der Waals surface area contributed by atoms with Gasteiger partial charge in [-0.05, 0) is 25.1 Å². The maximum atomic E-state index is 13.5. The van der Waals surface area contributed by atoms with Crippen LogP contribution in [0, 0.1) is 18.6 Å². The van der Waals surface area contributed by atoms with E-state index in [4.69, 9.17) is 9.15 Å². The molecule has 0 atom stereocenters. The lowest BCUT2D eigenvalue weighted by molar-refractivity contribution is 0.286. The van der Waals surface area contributed by atoms with Gasteiger partial charge in [-0.15, -0.1) is 0 Å². The Balaban J connectivity index is 1.99. The molecule has 0 aliphatic heterocycles. The highest BCUT2D eigenvalue weighted by atomic mass is 19.1. The predicted octanol–water partition coefficient (Wildman–Crippen LogP) is 3.94. The Labute approximate surface area is 122 Å². The van der Waals surface area contributed by atoms with Crippen molar-refractivity contribution < 1.29 is 17.9 Å². The first-order valence-corrected chi connectivity index (χ1v) is 6.85. The summed E-state index contributed by atoms with van der Waals surface area (Å²) in [5, 5.41) is 3.26. The maximum absolute atomic E-state index is 13.5. The van der Waals surface area contributed by atoms with E-state index in [2.05, 4.69) is 19.2 Å². The van der Waals surface area contributed by atoms with Gasteiger partial charge < -0.3 is 14.5 Å². The monoisotopic (exact) mass is 295 g/mol. The van der Waals surface area contributed by atoms with E-state index in [0.717, 1.165) is 23.2 Å². The third kappa shape index (κ3) is 4.29. The minimum absolute atomic E-state index is 0.0267. The van der Waals surface area contributed by atoms with Gasteiger partial charge in [-0.2, -0.15) is 0 Å². The van der Waals surface area contributed by atoms with Gasteiger partial charge in [0.2, 0.25) is 0 Å². The van der Waals surface area contributed by atoms with Gasteiger partial charge in [-0.25, -0.2) is 8.78 Å². The van der Waals surface area contributed by atoms with Crippen molar-refractivity contribution in [2.75, 3.05) is 0 Å². The van der Waals surface area contributed by atoms with E-state index in [0.29, 0.717) is 12.6 Å². The minimum Gasteiger partial charge on any atom is -0.486 e. The van der Waals surface area contributed by atoms with E-state index < -0.39 is 11.6 Å². The second-order valence-electron chi connectivity index (χ2n) is 5.19. The van der Waals surface area contributed by atoms with Crippen molar-refractivity contribution in [3.8, 4) is 5.75 Å². The second-order valence-corrected chi connectivity index (χ2v) is 5.19. The quantitative estimate of drug-likeness (QED) is 0.876. The lowest BCUT2D eigenvalue weighted by Gasteiger charge is -2.06. The molecule has 0 saturated carbocycles. The molecular formula is C16H19F2NO2. The van der Waals surface area contributed by atoms with Gasteiger partial charge in [0.15, 0.2) is 11.6 Å². The van der Waals surface area contributed by atoms with Crippen LogP contribution in [0.1, 0.15) is 30.9 Å². The standard InChI is InChI=1S/C16H19F2NO2/c1-10(2)19-8-14-6-12(11(3)21-14)9-20-16-5-4-13(17)7-15(16)18/h4-7,10,19H,8-9H2,1-3H3. The molecule has 1 aromatic carbocycles. The van der Waals surface area contributed by atoms with Crippen molar-refractivity contribution in [2.24, 2.45) is 0 Å². The molecule has 1 aromatic heterocycles. The van der Waals surface area contributed by atoms with Crippen LogP contribution in [-0.2, 0) is 13.2 Å². The molecule has 114 valence electrons. The van der Waals surface area contributed by atoms with Gasteiger partial charge >= 0.3 is 0 Å². The van der Waals surface area contributed by atoms with E-state index in [1.54, 1.807) is 0 Å². The number of nitrogens with one attached hydrogen (secondary N) is 1. The lowest BCUT2D eigenvalue weighted by Crippen LogP contribution is -2.21. The first-order chi connectivity index (χ1) is 9.95. The highest BCUT2D eigenvalue weighted by Gasteiger charge is 2.10. The summed E-state index contributed by atoms with van der Waals surface area (Å²) >= 11 is 0. The van der Waals surface area contributed by atoms with Crippen LogP contribution in [-0.4, -0.2) is 6.04 Å². The van der Waals surface area contributed by atoms with Crippen LogP contribution < -0.4 is 10.1 Å². The first kappa shape index (κ1) is 15.5. The van der Waals surface area contributed by atoms with Gasteiger partial charge in [-0.1, -0.05) is 13.8 Å². The number of hydrogen-bond acceptors (Lipinski definition) is 3. The van der Waals surface area contributed by atoms with Gasteiger partial charge in [0.25, 0.3) is 0 Å². The van der Waals surface area contributed by atoms with Crippen LogP contribution in [0.25, 0.3) is 0 Å². The Hall–Kier alpha value is -1.88. The topological polar surface area (TPSA) is 34.4 Å². The third-order valence-electron chi connectivity index (χ3n) is 3.03. The summed E-state index contributed by atoms with van der Waals surface area (Å²) in [6, 6.07) is 5.49. The Morgan fingerprint density at radius 3 is 2.67 bits per heavy atom. The molecule has 0 spiro atoms. The highest BCUT2D eigenvalue weighted by Crippen LogP contribution is 2.21. The van der Waals surface area contributed by atoms with Gasteiger partial charge in [0.1, 0.15) is 23.9 Å². The fraction of sp³-hybridized carbons (Fsp3) is 0.375. The molecule has 0 aliphatic carbocycles. The molecule has 0 fully saturated rings. The molecule has 0 saturated heterocycles. The minimum atomic E-state index is -0.710. The van der Waals surface area contributed by atoms with E-state index in [9.17, 15) is 8.78 Å². The van der Waals surface area contributed by atoms with Gasteiger partial charge in [0, 0.05) is 17.7 Å². The maximum Gasteiger partial charge on any atom is 0.167 e. The van der Waals surface area contributed by atoms with Crippen LogP contribution in [0.15, 0.2) is 28.7 Å². The molecule has 0 amide bonds. The van der Waals surface area contributed by atoms with Crippen molar-refractivity contribution in [1.82, 2.24) is 5.32 Å². The first-order valence-electron chi connectivity index (χ1n) is 6.85. The summed E-state index contributed by atoms with van der Waals surface area (Å²) in [5.41, 5.74) is 0.847. The van der Waals surface area contributed by atoms with Crippen LogP contribution in [0.5, 0.6) is 5.75 Å². The summed E-state index contributed by atoms with van der Waals surface area (Å²) in [6.07, 6.45) is 0. The van der Waals surface area contributed by atoms with Crippen LogP contribution >= 0.6 is 0 Å². The Morgan fingerprint density at radius 1 is 1.24 bits per heavy atom. The number of halogens is 2.